The summed E-state index contributed by atoms with van der Waals surface area (Å²) in [5.41, 5.74) is 1.10. The minimum absolute atomic E-state index is 0.545. The lowest BCUT2D eigenvalue weighted by Gasteiger charge is -2.48. The van der Waals surface area contributed by atoms with Crippen LogP contribution in [0.5, 0.6) is 0 Å². The molecule has 0 radical (unpaired) electrons. The molecular weight excluding hydrogens is 232 g/mol. The fraction of sp³-hybridized carbons (Fsp3) is 1.00. The van der Waals surface area contributed by atoms with E-state index in [9.17, 15) is 0 Å². The van der Waals surface area contributed by atoms with Gasteiger partial charge in [-0.15, -0.1) is 0 Å². The van der Waals surface area contributed by atoms with Gasteiger partial charge in [0.2, 0.25) is 0 Å². The summed E-state index contributed by atoms with van der Waals surface area (Å²) < 4.78 is 0. The normalized spacial score (nSPS) is 54.8. The Labute approximate surface area is 118 Å². The van der Waals surface area contributed by atoms with Crippen LogP contribution in [0.2, 0.25) is 0 Å². The van der Waals surface area contributed by atoms with E-state index in [0.717, 1.165) is 23.9 Å². The number of piperidine rings is 3. The summed E-state index contributed by atoms with van der Waals surface area (Å²) in [6.45, 7) is 11.7. The molecule has 0 aromatic carbocycles. The van der Waals surface area contributed by atoms with E-state index in [2.05, 4.69) is 31.0 Å². The third-order valence-electron chi connectivity index (χ3n) is 7.87. The smallest absolute Gasteiger partial charge is 0.0227 e. The number of hydrogen-bond donors (Lipinski definition) is 1. The first kappa shape index (κ1) is 12.6. The Kier molecular flexibility index (Phi) is 2.65. The average molecular weight is 262 g/mol. The van der Waals surface area contributed by atoms with E-state index in [1.54, 1.807) is 0 Å². The van der Waals surface area contributed by atoms with Gasteiger partial charge in [0, 0.05) is 18.6 Å². The molecule has 5 rings (SSSR count). The van der Waals surface area contributed by atoms with Gasteiger partial charge in [-0.3, -0.25) is 0 Å². The van der Waals surface area contributed by atoms with Crippen LogP contribution >= 0.6 is 0 Å². The number of fused-ring (bicyclic) bond motifs is 5. The highest BCUT2D eigenvalue weighted by Gasteiger charge is 2.61. The highest BCUT2D eigenvalue weighted by molar-refractivity contribution is 5.14. The average Bonchev–Trinajstić information content (AvgIpc) is 2.73. The summed E-state index contributed by atoms with van der Waals surface area (Å²) in [6, 6.07) is 1.58. The maximum atomic E-state index is 4.14. The fourth-order valence-corrected chi connectivity index (χ4v) is 5.87. The maximum Gasteiger partial charge on any atom is 0.0227 e. The first-order chi connectivity index (χ1) is 9.00. The highest BCUT2D eigenvalue weighted by atomic mass is 15.2. The quantitative estimate of drug-likeness (QED) is 0.823. The van der Waals surface area contributed by atoms with Crippen LogP contribution in [0.15, 0.2) is 0 Å². The molecule has 2 heteroatoms. The van der Waals surface area contributed by atoms with Crippen LogP contribution in [-0.4, -0.2) is 36.6 Å². The Morgan fingerprint density at radius 3 is 2.26 bits per heavy atom. The van der Waals surface area contributed by atoms with Gasteiger partial charge in [-0.05, 0) is 67.9 Å². The monoisotopic (exact) mass is 262 g/mol. The molecule has 3 saturated heterocycles. The fourth-order valence-electron chi connectivity index (χ4n) is 5.87. The van der Waals surface area contributed by atoms with E-state index < -0.39 is 0 Å². The predicted octanol–water partition coefficient (Wildman–Crippen LogP) is 2.89. The van der Waals surface area contributed by atoms with E-state index in [-0.39, 0.29) is 0 Å². The van der Waals surface area contributed by atoms with Crippen LogP contribution in [0.3, 0.4) is 0 Å². The molecule has 2 nitrogen and oxygen atoms in total. The minimum Gasteiger partial charge on any atom is -0.309 e. The first-order valence-corrected chi connectivity index (χ1v) is 8.49. The molecule has 0 aromatic rings. The summed E-state index contributed by atoms with van der Waals surface area (Å²) >= 11 is 0. The van der Waals surface area contributed by atoms with Gasteiger partial charge in [0.15, 0.2) is 0 Å². The van der Waals surface area contributed by atoms with Gasteiger partial charge in [-0.25, -0.2) is 0 Å². The number of nitrogens with zero attached hydrogens (tertiary/aromatic N) is 1. The molecule has 3 aliphatic heterocycles. The van der Waals surface area contributed by atoms with Crippen molar-refractivity contribution in [3.05, 3.63) is 0 Å². The molecule has 108 valence electrons. The molecule has 0 aromatic heterocycles. The maximum absolute atomic E-state index is 4.14. The van der Waals surface area contributed by atoms with Gasteiger partial charge in [0.25, 0.3) is 0 Å². The second-order valence-corrected chi connectivity index (χ2v) is 8.57. The minimum atomic E-state index is 0.545. The summed E-state index contributed by atoms with van der Waals surface area (Å²) in [6.07, 6.45) is 7.24. The third kappa shape index (κ3) is 1.62. The molecule has 3 heterocycles. The molecule has 0 spiro atoms. The largest absolute Gasteiger partial charge is 0.309 e. The van der Waals surface area contributed by atoms with Crippen molar-refractivity contribution in [2.75, 3.05) is 19.6 Å². The van der Waals surface area contributed by atoms with Crippen LogP contribution < -0.4 is 5.32 Å². The van der Waals surface area contributed by atoms with Gasteiger partial charge in [-0.1, -0.05) is 20.8 Å². The summed E-state index contributed by atoms with van der Waals surface area (Å²) in [7, 11) is 0. The Bertz CT molecular complexity index is 369. The van der Waals surface area contributed by atoms with Gasteiger partial charge in [-0.2, -0.15) is 0 Å². The summed E-state index contributed by atoms with van der Waals surface area (Å²) in [4.78, 5) is 2.68. The number of hydrogen-bond acceptors (Lipinski definition) is 2. The molecule has 5 aliphatic rings. The van der Waals surface area contributed by atoms with Crippen LogP contribution in [0.4, 0.5) is 0 Å². The second-order valence-electron chi connectivity index (χ2n) is 8.57. The molecule has 2 aliphatic carbocycles. The van der Waals surface area contributed by atoms with E-state index in [1.807, 2.05) is 0 Å². The summed E-state index contributed by atoms with van der Waals surface area (Å²) in [5.74, 6) is 1.94. The Morgan fingerprint density at radius 1 is 1.05 bits per heavy atom. The van der Waals surface area contributed by atoms with Gasteiger partial charge in [0.05, 0.1) is 0 Å². The van der Waals surface area contributed by atoms with Crippen LogP contribution in [0.25, 0.3) is 0 Å². The molecule has 4 bridgehead atoms. The Balaban J connectivity index is 1.50. The zero-order valence-corrected chi connectivity index (χ0v) is 12.9. The summed E-state index contributed by atoms with van der Waals surface area (Å²) in [5, 5.41) is 4.14. The van der Waals surface area contributed by atoms with Crippen molar-refractivity contribution in [3.63, 3.8) is 0 Å². The number of nitrogens with one attached hydrogen (secondary N) is 1. The SMILES string of the molecule is CC1(C)C2CCC1(C)C(NC1CN3CCC1CC3)C2. The standard InChI is InChI=1S/C17H30N2/c1-16(2)13-4-7-17(16,3)15(10-13)18-14-11-19-8-5-12(14)6-9-19/h12-15,18H,4-11H2,1-3H3. The predicted molar refractivity (Wildman–Crippen MR) is 79.1 cm³/mol. The lowest BCUT2D eigenvalue weighted by Crippen LogP contribution is -2.60. The molecule has 1 N–H and O–H groups in total. The van der Waals surface area contributed by atoms with Gasteiger partial charge >= 0.3 is 0 Å². The molecule has 4 atom stereocenters. The van der Waals surface area contributed by atoms with Gasteiger partial charge in [0.1, 0.15) is 0 Å². The van der Waals surface area contributed by atoms with Crippen LogP contribution in [0, 0.1) is 22.7 Å². The third-order valence-corrected chi connectivity index (χ3v) is 7.87. The lowest BCUT2D eigenvalue weighted by molar-refractivity contribution is 0.0448. The van der Waals surface area contributed by atoms with E-state index >= 15 is 0 Å². The molecule has 2 saturated carbocycles. The Hall–Kier alpha value is -0.0800. The van der Waals surface area contributed by atoms with Crippen molar-refractivity contribution in [2.24, 2.45) is 22.7 Å². The molecule has 4 unspecified atom stereocenters. The van der Waals surface area contributed by atoms with Crippen molar-refractivity contribution < 1.29 is 0 Å². The van der Waals surface area contributed by atoms with Crippen molar-refractivity contribution in [1.82, 2.24) is 10.2 Å². The van der Waals surface area contributed by atoms with E-state index in [4.69, 9.17) is 0 Å². The molecule has 19 heavy (non-hydrogen) atoms. The Morgan fingerprint density at radius 2 is 1.79 bits per heavy atom. The van der Waals surface area contributed by atoms with Crippen molar-refractivity contribution in [1.29, 1.82) is 0 Å². The topological polar surface area (TPSA) is 15.3 Å². The van der Waals surface area contributed by atoms with Crippen LogP contribution in [0.1, 0.15) is 52.9 Å². The zero-order valence-electron chi connectivity index (χ0n) is 12.9. The van der Waals surface area contributed by atoms with Crippen molar-refractivity contribution >= 4 is 0 Å². The molecule has 5 fully saturated rings. The van der Waals surface area contributed by atoms with Gasteiger partial charge < -0.3 is 10.2 Å². The zero-order chi connectivity index (χ0) is 13.3. The van der Waals surface area contributed by atoms with Crippen molar-refractivity contribution in [3.8, 4) is 0 Å². The highest BCUT2D eigenvalue weighted by Crippen LogP contribution is 2.65. The number of rotatable bonds is 2. The first-order valence-electron chi connectivity index (χ1n) is 8.49. The van der Waals surface area contributed by atoms with E-state index in [0.29, 0.717) is 10.8 Å². The lowest BCUT2D eigenvalue weighted by atomic mass is 9.68. The van der Waals surface area contributed by atoms with Crippen LogP contribution in [-0.2, 0) is 0 Å². The molecular formula is C17H30N2. The molecule has 0 amide bonds. The van der Waals surface area contributed by atoms with Crippen molar-refractivity contribution in [2.45, 2.75) is 65.0 Å². The van der Waals surface area contributed by atoms with E-state index in [1.165, 1.54) is 51.7 Å². The second kappa shape index (κ2) is 3.98.